The van der Waals surface area contributed by atoms with E-state index >= 15 is 0 Å². The molecular formula is C18H34N2O5. The minimum Gasteiger partial charge on any atom is -0.444 e. The second-order valence-corrected chi connectivity index (χ2v) is 7.91. The van der Waals surface area contributed by atoms with E-state index in [0.717, 1.165) is 25.5 Å². The second-order valence-electron chi connectivity index (χ2n) is 7.91. The van der Waals surface area contributed by atoms with Gasteiger partial charge in [0.2, 0.25) is 0 Å². The van der Waals surface area contributed by atoms with Crippen molar-refractivity contribution in [1.29, 1.82) is 0 Å². The predicted octanol–water partition coefficient (Wildman–Crippen LogP) is 3.51. The summed E-state index contributed by atoms with van der Waals surface area (Å²) in [6.07, 6.45) is 2.96. The van der Waals surface area contributed by atoms with Crippen LogP contribution in [0.2, 0.25) is 0 Å². The third-order valence-corrected chi connectivity index (χ3v) is 2.95. The fraction of sp³-hybridized carbons (Fsp3) is 0.833. The van der Waals surface area contributed by atoms with Gasteiger partial charge in [0.15, 0.2) is 0 Å². The molecule has 0 aliphatic rings. The predicted molar refractivity (Wildman–Crippen MR) is 96.6 cm³/mol. The molecule has 0 rings (SSSR count). The molecule has 0 saturated heterocycles. The number of nitrogens with zero attached hydrogens (tertiary/aromatic N) is 1. The van der Waals surface area contributed by atoms with Crippen LogP contribution >= 0.6 is 0 Å². The first kappa shape index (κ1) is 23.2. The van der Waals surface area contributed by atoms with Crippen molar-refractivity contribution in [1.82, 2.24) is 10.2 Å². The molecule has 0 aromatic rings. The first-order chi connectivity index (χ1) is 11.4. The number of aldehydes is 1. The summed E-state index contributed by atoms with van der Waals surface area (Å²) in [5.74, 6) is 0. The van der Waals surface area contributed by atoms with E-state index in [1.807, 2.05) is 20.8 Å². The van der Waals surface area contributed by atoms with Gasteiger partial charge < -0.3 is 24.5 Å². The Morgan fingerprint density at radius 1 is 0.920 bits per heavy atom. The molecule has 0 atom stereocenters. The Hall–Kier alpha value is -1.79. The van der Waals surface area contributed by atoms with Gasteiger partial charge in [0.25, 0.3) is 0 Å². The quantitative estimate of drug-likeness (QED) is 0.503. The van der Waals surface area contributed by atoms with Crippen molar-refractivity contribution >= 4 is 18.5 Å². The van der Waals surface area contributed by atoms with Gasteiger partial charge >= 0.3 is 12.2 Å². The Balaban J connectivity index is 4.44. The van der Waals surface area contributed by atoms with Crippen molar-refractivity contribution in [3.63, 3.8) is 0 Å². The maximum Gasteiger partial charge on any atom is 0.410 e. The fourth-order valence-electron chi connectivity index (χ4n) is 1.94. The number of unbranched alkanes of at least 4 members (excludes halogenated alkanes) is 3. The van der Waals surface area contributed by atoms with E-state index in [-0.39, 0.29) is 6.54 Å². The molecule has 2 amide bonds. The molecule has 25 heavy (non-hydrogen) atoms. The van der Waals surface area contributed by atoms with Crippen LogP contribution in [0.15, 0.2) is 0 Å². The largest absolute Gasteiger partial charge is 0.444 e. The number of alkyl carbamates (subject to hydrolysis) is 1. The van der Waals surface area contributed by atoms with E-state index < -0.39 is 23.4 Å². The third-order valence-electron chi connectivity index (χ3n) is 2.95. The molecule has 0 aromatic carbocycles. The number of rotatable bonds is 9. The second kappa shape index (κ2) is 10.9. The molecular weight excluding hydrogens is 324 g/mol. The first-order valence-electron chi connectivity index (χ1n) is 8.83. The number of carbonyl (C=O) groups is 3. The monoisotopic (exact) mass is 358 g/mol. The molecule has 0 aliphatic heterocycles. The molecule has 146 valence electrons. The Morgan fingerprint density at radius 2 is 1.52 bits per heavy atom. The third kappa shape index (κ3) is 14.3. The van der Waals surface area contributed by atoms with Crippen molar-refractivity contribution in [2.45, 2.75) is 78.4 Å². The molecule has 0 spiro atoms. The Morgan fingerprint density at radius 3 is 2.04 bits per heavy atom. The smallest absolute Gasteiger partial charge is 0.410 e. The Labute approximate surface area is 151 Å². The summed E-state index contributed by atoms with van der Waals surface area (Å²) in [6, 6.07) is 0. The molecule has 0 fully saturated rings. The number of carbonyl (C=O) groups excluding carboxylic acids is 3. The number of hydrogen-bond donors (Lipinski definition) is 1. The van der Waals surface area contributed by atoms with E-state index in [2.05, 4.69) is 5.32 Å². The summed E-state index contributed by atoms with van der Waals surface area (Å²) in [7, 11) is 0. The van der Waals surface area contributed by atoms with Crippen LogP contribution in [0.3, 0.4) is 0 Å². The number of ether oxygens (including phenoxy) is 2. The number of nitrogens with one attached hydrogen (secondary N) is 1. The van der Waals surface area contributed by atoms with E-state index in [0.29, 0.717) is 19.5 Å². The van der Waals surface area contributed by atoms with Crippen molar-refractivity contribution in [2.75, 3.05) is 19.6 Å². The highest BCUT2D eigenvalue weighted by Gasteiger charge is 2.22. The molecule has 0 aliphatic carbocycles. The van der Waals surface area contributed by atoms with Crippen LogP contribution in [-0.4, -0.2) is 54.2 Å². The van der Waals surface area contributed by atoms with Gasteiger partial charge in [-0.25, -0.2) is 9.59 Å². The zero-order valence-electron chi connectivity index (χ0n) is 16.5. The maximum absolute atomic E-state index is 12.3. The molecule has 0 saturated carbocycles. The average molecular weight is 358 g/mol. The minimum absolute atomic E-state index is 0.280. The Bertz CT molecular complexity index is 424. The number of hydrogen-bond acceptors (Lipinski definition) is 5. The van der Waals surface area contributed by atoms with Gasteiger partial charge in [0, 0.05) is 26.1 Å². The van der Waals surface area contributed by atoms with Crippen LogP contribution < -0.4 is 5.32 Å². The zero-order chi connectivity index (χ0) is 19.5. The van der Waals surface area contributed by atoms with Crippen LogP contribution in [-0.2, 0) is 14.3 Å². The summed E-state index contributed by atoms with van der Waals surface area (Å²) >= 11 is 0. The SMILES string of the molecule is CC(C)(C)OC(=O)NCCN(CCCCCC=O)C(=O)OC(C)(C)C. The van der Waals surface area contributed by atoms with Gasteiger partial charge in [-0.2, -0.15) is 0 Å². The van der Waals surface area contributed by atoms with E-state index in [1.54, 1.807) is 25.7 Å². The molecule has 0 heterocycles. The summed E-state index contributed by atoms with van der Waals surface area (Å²) in [4.78, 5) is 35.9. The molecule has 0 bridgehead atoms. The van der Waals surface area contributed by atoms with Gasteiger partial charge in [-0.05, 0) is 54.4 Å². The normalized spacial score (nSPS) is 11.6. The Kier molecular flexibility index (Phi) is 10.2. The highest BCUT2D eigenvalue weighted by Crippen LogP contribution is 2.11. The summed E-state index contributed by atoms with van der Waals surface area (Å²) in [5, 5.41) is 2.64. The first-order valence-corrected chi connectivity index (χ1v) is 8.83. The van der Waals surface area contributed by atoms with Crippen LogP contribution in [0.4, 0.5) is 9.59 Å². The lowest BCUT2D eigenvalue weighted by Crippen LogP contribution is -2.42. The van der Waals surface area contributed by atoms with Crippen molar-refractivity contribution in [2.24, 2.45) is 0 Å². The van der Waals surface area contributed by atoms with E-state index in [9.17, 15) is 14.4 Å². The zero-order valence-corrected chi connectivity index (χ0v) is 16.5. The maximum atomic E-state index is 12.3. The summed E-state index contributed by atoms with van der Waals surface area (Å²) in [6.45, 7) is 11.9. The average Bonchev–Trinajstić information content (AvgIpc) is 2.41. The molecule has 1 N–H and O–H groups in total. The van der Waals surface area contributed by atoms with Gasteiger partial charge in [0.1, 0.15) is 17.5 Å². The van der Waals surface area contributed by atoms with Gasteiger partial charge in [0.05, 0.1) is 0 Å². The fourth-order valence-corrected chi connectivity index (χ4v) is 1.94. The van der Waals surface area contributed by atoms with E-state index in [1.165, 1.54) is 0 Å². The summed E-state index contributed by atoms with van der Waals surface area (Å²) < 4.78 is 10.6. The van der Waals surface area contributed by atoms with Gasteiger partial charge in [-0.1, -0.05) is 6.42 Å². The topological polar surface area (TPSA) is 84.9 Å². The highest BCUT2D eigenvalue weighted by atomic mass is 16.6. The van der Waals surface area contributed by atoms with Crippen LogP contribution in [0.5, 0.6) is 0 Å². The number of amides is 2. The van der Waals surface area contributed by atoms with Crippen LogP contribution in [0, 0.1) is 0 Å². The lowest BCUT2D eigenvalue weighted by Gasteiger charge is -2.27. The molecule has 0 radical (unpaired) electrons. The van der Waals surface area contributed by atoms with Crippen molar-refractivity contribution < 1.29 is 23.9 Å². The summed E-state index contributed by atoms with van der Waals surface area (Å²) in [5.41, 5.74) is -1.14. The highest BCUT2D eigenvalue weighted by molar-refractivity contribution is 5.69. The molecule has 0 aromatic heterocycles. The minimum atomic E-state index is -0.578. The van der Waals surface area contributed by atoms with Crippen LogP contribution in [0.25, 0.3) is 0 Å². The van der Waals surface area contributed by atoms with Crippen molar-refractivity contribution in [3.8, 4) is 0 Å². The van der Waals surface area contributed by atoms with Crippen LogP contribution in [0.1, 0.15) is 67.2 Å². The molecule has 0 unspecified atom stereocenters. The lowest BCUT2D eigenvalue weighted by molar-refractivity contribution is -0.107. The molecule has 7 heteroatoms. The standard InChI is InChI=1S/C18H34N2O5/c1-17(2,3)24-15(22)19-11-13-20(12-9-7-8-10-14-21)16(23)25-18(4,5)6/h14H,7-13H2,1-6H3,(H,19,22). The van der Waals surface area contributed by atoms with Gasteiger partial charge in [-0.15, -0.1) is 0 Å². The lowest BCUT2D eigenvalue weighted by atomic mass is 10.2. The van der Waals surface area contributed by atoms with E-state index in [4.69, 9.17) is 9.47 Å². The van der Waals surface area contributed by atoms with Crippen molar-refractivity contribution in [3.05, 3.63) is 0 Å². The molecule has 7 nitrogen and oxygen atoms in total. The van der Waals surface area contributed by atoms with Gasteiger partial charge in [-0.3, -0.25) is 0 Å².